The second-order valence-corrected chi connectivity index (χ2v) is 5.80. The molecule has 4 heteroatoms. The van der Waals surface area contributed by atoms with Crippen molar-refractivity contribution in [2.45, 2.75) is 13.3 Å². The summed E-state index contributed by atoms with van der Waals surface area (Å²) in [6.07, 6.45) is 0.967. The quantitative estimate of drug-likeness (QED) is 0.587. The molecule has 0 saturated heterocycles. The fourth-order valence-corrected chi connectivity index (χ4v) is 2.56. The standard InChI is InChI=1S/C21H21N3O/c1-2-15-8-11-18(12-9-15)24-21(25)19-14-16(22)10-13-20(19)23-17-6-4-3-5-7-17/h3-14,23H,2,22H2,1H3,(H,24,25). The maximum absolute atomic E-state index is 12.7. The molecule has 4 nitrogen and oxygen atoms in total. The Labute approximate surface area is 147 Å². The largest absolute Gasteiger partial charge is 0.399 e. The number of nitrogen functional groups attached to an aromatic ring is 1. The summed E-state index contributed by atoms with van der Waals surface area (Å²) in [4.78, 5) is 12.7. The molecule has 0 aliphatic rings. The first kappa shape index (κ1) is 16.6. The summed E-state index contributed by atoms with van der Waals surface area (Å²) in [5.41, 5.74) is 10.5. The van der Waals surface area contributed by atoms with E-state index in [4.69, 9.17) is 5.73 Å². The lowest BCUT2D eigenvalue weighted by atomic mass is 10.1. The van der Waals surface area contributed by atoms with Gasteiger partial charge in [0.15, 0.2) is 0 Å². The molecule has 0 aliphatic carbocycles. The lowest BCUT2D eigenvalue weighted by molar-refractivity contribution is 0.102. The Kier molecular flexibility index (Phi) is 5.00. The Morgan fingerprint density at radius 3 is 2.32 bits per heavy atom. The highest BCUT2D eigenvalue weighted by Gasteiger charge is 2.13. The highest BCUT2D eigenvalue weighted by atomic mass is 16.1. The molecule has 1 amide bonds. The highest BCUT2D eigenvalue weighted by molar-refractivity contribution is 6.09. The summed E-state index contributed by atoms with van der Waals surface area (Å²) < 4.78 is 0. The Morgan fingerprint density at radius 2 is 1.64 bits per heavy atom. The van der Waals surface area contributed by atoms with Crippen molar-refractivity contribution < 1.29 is 4.79 Å². The number of rotatable bonds is 5. The van der Waals surface area contributed by atoms with Crippen LogP contribution < -0.4 is 16.4 Å². The third-order valence-corrected chi connectivity index (χ3v) is 3.96. The number of para-hydroxylation sites is 1. The monoisotopic (exact) mass is 331 g/mol. The number of benzene rings is 3. The SMILES string of the molecule is CCc1ccc(NC(=O)c2cc(N)ccc2Nc2ccccc2)cc1. The van der Waals surface area contributed by atoms with Crippen LogP contribution in [-0.2, 0) is 6.42 Å². The number of hydrogen-bond donors (Lipinski definition) is 3. The third-order valence-electron chi connectivity index (χ3n) is 3.96. The van der Waals surface area contributed by atoms with Crippen molar-refractivity contribution in [3.05, 3.63) is 83.9 Å². The van der Waals surface area contributed by atoms with Crippen molar-refractivity contribution in [2.24, 2.45) is 0 Å². The van der Waals surface area contributed by atoms with Gasteiger partial charge in [0, 0.05) is 17.1 Å². The molecule has 126 valence electrons. The van der Waals surface area contributed by atoms with E-state index in [0.717, 1.165) is 17.8 Å². The zero-order valence-electron chi connectivity index (χ0n) is 14.1. The molecule has 3 aromatic carbocycles. The molecule has 3 rings (SSSR count). The van der Waals surface area contributed by atoms with E-state index in [1.807, 2.05) is 60.7 Å². The van der Waals surface area contributed by atoms with E-state index >= 15 is 0 Å². The molecular formula is C21H21N3O. The van der Waals surface area contributed by atoms with E-state index in [1.54, 1.807) is 12.1 Å². The van der Waals surface area contributed by atoms with Crippen LogP contribution in [0.15, 0.2) is 72.8 Å². The number of anilines is 4. The Hall–Kier alpha value is -3.27. The molecule has 0 saturated carbocycles. The van der Waals surface area contributed by atoms with E-state index in [9.17, 15) is 4.79 Å². The van der Waals surface area contributed by atoms with Crippen molar-refractivity contribution in [3.8, 4) is 0 Å². The molecule has 0 bridgehead atoms. The molecule has 0 spiro atoms. The van der Waals surface area contributed by atoms with Crippen LogP contribution in [0.2, 0.25) is 0 Å². The van der Waals surface area contributed by atoms with Crippen molar-refractivity contribution in [2.75, 3.05) is 16.4 Å². The Bertz CT molecular complexity index is 858. The first-order chi connectivity index (χ1) is 12.2. The van der Waals surface area contributed by atoms with Gasteiger partial charge in [-0.25, -0.2) is 0 Å². The van der Waals surface area contributed by atoms with Crippen molar-refractivity contribution >= 4 is 28.7 Å². The van der Waals surface area contributed by atoms with Gasteiger partial charge < -0.3 is 16.4 Å². The second-order valence-electron chi connectivity index (χ2n) is 5.80. The maximum Gasteiger partial charge on any atom is 0.257 e. The van der Waals surface area contributed by atoms with E-state index < -0.39 is 0 Å². The summed E-state index contributed by atoms with van der Waals surface area (Å²) >= 11 is 0. The number of nitrogens with two attached hydrogens (primary N) is 1. The molecule has 0 radical (unpaired) electrons. The number of hydrogen-bond acceptors (Lipinski definition) is 3. The van der Waals surface area contributed by atoms with E-state index in [-0.39, 0.29) is 5.91 Å². The average Bonchev–Trinajstić information content (AvgIpc) is 2.64. The molecule has 4 N–H and O–H groups in total. The molecule has 0 aromatic heterocycles. The van der Waals surface area contributed by atoms with Crippen LogP contribution in [0.4, 0.5) is 22.7 Å². The van der Waals surface area contributed by atoms with Crippen LogP contribution in [0.25, 0.3) is 0 Å². The fourth-order valence-electron chi connectivity index (χ4n) is 2.56. The smallest absolute Gasteiger partial charge is 0.257 e. The van der Waals surface area contributed by atoms with Crippen molar-refractivity contribution in [1.82, 2.24) is 0 Å². The molecule has 0 unspecified atom stereocenters. The molecule has 0 heterocycles. The van der Waals surface area contributed by atoms with Crippen LogP contribution in [0.5, 0.6) is 0 Å². The lowest BCUT2D eigenvalue weighted by Crippen LogP contribution is -2.14. The van der Waals surface area contributed by atoms with Gasteiger partial charge in [-0.3, -0.25) is 4.79 Å². The molecule has 0 fully saturated rings. The van der Waals surface area contributed by atoms with Crippen LogP contribution in [0, 0.1) is 0 Å². The molecular weight excluding hydrogens is 310 g/mol. The molecule has 25 heavy (non-hydrogen) atoms. The lowest BCUT2D eigenvalue weighted by Gasteiger charge is -2.13. The van der Waals surface area contributed by atoms with E-state index in [0.29, 0.717) is 16.9 Å². The molecule has 0 aliphatic heterocycles. The summed E-state index contributed by atoms with van der Waals surface area (Å²) in [5.74, 6) is -0.199. The minimum absolute atomic E-state index is 0.199. The number of nitrogens with one attached hydrogen (secondary N) is 2. The summed E-state index contributed by atoms with van der Waals surface area (Å²) in [5, 5.41) is 6.20. The summed E-state index contributed by atoms with van der Waals surface area (Å²) in [6.45, 7) is 2.10. The Balaban J connectivity index is 1.84. The predicted molar refractivity (Wildman–Crippen MR) is 104 cm³/mol. The van der Waals surface area contributed by atoms with Gasteiger partial charge in [0.05, 0.1) is 11.3 Å². The van der Waals surface area contributed by atoms with Gasteiger partial charge in [-0.05, 0) is 54.4 Å². The number of carbonyl (C=O) groups excluding carboxylic acids is 1. The normalized spacial score (nSPS) is 10.3. The van der Waals surface area contributed by atoms with Crippen LogP contribution >= 0.6 is 0 Å². The fraction of sp³-hybridized carbons (Fsp3) is 0.0952. The van der Waals surface area contributed by atoms with Gasteiger partial charge in [-0.1, -0.05) is 37.3 Å². The number of carbonyl (C=O) groups is 1. The summed E-state index contributed by atoms with van der Waals surface area (Å²) in [7, 11) is 0. The minimum Gasteiger partial charge on any atom is -0.399 e. The van der Waals surface area contributed by atoms with Crippen molar-refractivity contribution in [3.63, 3.8) is 0 Å². The van der Waals surface area contributed by atoms with E-state index in [2.05, 4.69) is 17.6 Å². The van der Waals surface area contributed by atoms with Crippen LogP contribution in [0.1, 0.15) is 22.8 Å². The van der Waals surface area contributed by atoms with Gasteiger partial charge in [-0.2, -0.15) is 0 Å². The highest BCUT2D eigenvalue weighted by Crippen LogP contribution is 2.24. The van der Waals surface area contributed by atoms with Gasteiger partial charge in [-0.15, -0.1) is 0 Å². The van der Waals surface area contributed by atoms with Gasteiger partial charge in [0.25, 0.3) is 5.91 Å². The minimum atomic E-state index is -0.199. The number of aryl methyl sites for hydroxylation is 1. The Morgan fingerprint density at radius 1 is 0.920 bits per heavy atom. The second kappa shape index (κ2) is 7.53. The number of amides is 1. The molecule has 0 atom stereocenters. The predicted octanol–water partition coefficient (Wildman–Crippen LogP) is 4.83. The first-order valence-electron chi connectivity index (χ1n) is 8.27. The zero-order chi connectivity index (χ0) is 17.6. The van der Waals surface area contributed by atoms with Gasteiger partial charge in [0.1, 0.15) is 0 Å². The molecule has 3 aromatic rings. The topological polar surface area (TPSA) is 67.2 Å². The van der Waals surface area contributed by atoms with Crippen LogP contribution in [0.3, 0.4) is 0 Å². The average molecular weight is 331 g/mol. The zero-order valence-corrected chi connectivity index (χ0v) is 14.1. The van der Waals surface area contributed by atoms with Gasteiger partial charge >= 0.3 is 0 Å². The van der Waals surface area contributed by atoms with E-state index in [1.165, 1.54) is 5.56 Å². The first-order valence-corrected chi connectivity index (χ1v) is 8.27. The maximum atomic E-state index is 12.7. The third kappa shape index (κ3) is 4.18. The summed E-state index contributed by atoms with van der Waals surface area (Å²) in [6, 6.07) is 22.8. The van der Waals surface area contributed by atoms with Gasteiger partial charge in [0.2, 0.25) is 0 Å². The van der Waals surface area contributed by atoms with Crippen molar-refractivity contribution in [1.29, 1.82) is 0 Å². The van der Waals surface area contributed by atoms with Crippen LogP contribution in [-0.4, -0.2) is 5.91 Å².